The third-order valence-electron chi connectivity index (χ3n) is 6.38. The van der Waals surface area contributed by atoms with Crippen LogP contribution in [0.2, 0.25) is 0 Å². The molecule has 3 nitrogen and oxygen atoms in total. The lowest BCUT2D eigenvalue weighted by atomic mass is 9.86. The van der Waals surface area contributed by atoms with Crippen molar-refractivity contribution in [1.82, 2.24) is 0 Å². The van der Waals surface area contributed by atoms with E-state index in [9.17, 15) is 4.79 Å². The number of anilines is 1. The second kappa shape index (κ2) is 9.03. The molecule has 2 N–H and O–H groups in total. The molecular weight excluding hydrogens is 320 g/mol. The molecule has 0 aromatic heterocycles. The van der Waals surface area contributed by atoms with Gasteiger partial charge >= 0.3 is 0 Å². The first-order valence-electron chi connectivity index (χ1n) is 10.7. The van der Waals surface area contributed by atoms with Crippen LogP contribution in [0.4, 0.5) is 5.69 Å². The van der Waals surface area contributed by atoms with E-state index in [0.29, 0.717) is 18.2 Å². The van der Waals surface area contributed by atoms with Gasteiger partial charge in [0, 0.05) is 24.7 Å². The summed E-state index contributed by atoms with van der Waals surface area (Å²) in [6, 6.07) is 6.83. The van der Waals surface area contributed by atoms with Gasteiger partial charge in [-0.25, -0.2) is 0 Å². The Kier molecular flexibility index (Phi) is 6.74. The number of carbonyl (C=O) groups excluding carboxylic acids is 1. The minimum atomic E-state index is 0.199. The molecule has 1 saturated carbocycles. The highest BCUT2D eigenvalue weighted by Gasteiger charge is 2.24. The van der Waals surface area contributed by atoms with Gasteiger partial charge in [-0.1, -0.05) is 58.1 Å². The molecular formula is C23H36N2O. The molecule has 0 spiro atoms. The zero-order valence-corrected chi connectivity index (χ0v) is 16.7. The predicted molar refractivity (Wildman–Crippen MR) is 109 cm³/mol. The van der Waals surface area contributed by atoms with Crippen LogP contribution in [0.3, 0.4) is 0 Å². The number of rotatable bonds is 6. The second-order valence-electron chi connectivity index (χ2n) is 8.77. The minimum Gasteiger partial charge on any atom is -0.327 e. The first-order valence-corrected chi connectivity index (χ1v) is 10.7. The molecule has 1 aromatic carbocycles. The topological polar surface area (TPSA) is 46.3 Å². The summed E-state index contributed by atoms with van der Waals surface area (Å²) in [6.45, 7) is 5.23. The van der Waals surface area contributed by atoms with Crippen molar-refractivity contribution >= 4 is 11.6 Å². The van der Waals surface area contributed by atoms with Gasteiger partial charge in [0.15, 0.2) is 0 Å². The van der Waals surface area contributed by atoms with E-state index in [1.807, 2.05) is 4.90 Å². The van der Waals surface area contributed by atoms with Crippen LogP contribution >= 0.6 is 0 Å². The molecule has 1 unspecified atom stereocenters. The van der Waals surface area contributed by atoms with Crippen LogP contribution in [0.5, 0.6) is 0 Å². The minimum absolute atomic E-state index is 0.199. The van der Waals surface area contributed by atoms with Crippen LogP contribution in [-0.2, 0) is 17.6 Å². The van der Waals surface area contributed by atoms with Gasteiger partial charge < -0.3 is 10.6 Å². The van der Waals surface area contributed by atoms with Crippen molar-refractivity contribution < 1.29 is 4.79 Å². The van der Waals surface area contributed by atoms with Crippen LogP contribution in [0, 0.1) is 11.8 Å². The molecule has 3 rings (SSSR count). The van der Waals surface area contributed by atoms with Crippen molar-refractivity contribution in [2.45, 2.75) is 84.1 Å². The lowest BCUT2D eigenvalue weighted by Crippen LogP contribution is -2.36. The highest BCUT2D eigenvalue weighted by Crippen LogP contribution is 2.31. The monoisotopic (exact) mass is 356 g/mol. The molecule has 0 bridgehead atoms. The number of fused-ring (bicyclic) bond motifs is 1. The van der Waals surface area contributed by atoms with Crippen molar-refractivity contribution in [3.05, 3.63) is 29.3 Å². The average molecular weight is 357 g/mol. The molecule has 1 heterocycles. The number of aryl methyl sites for hydroxylation is 1. The fraction of sp³-hybridized carbons (Fsp3) is 0.696. The molecule has 1 aliphatic heterocycles. The van der Waals surface area contributed by atoms with E-state index in [1.165, 1.54) is 43.2 Å². The Balaban J connectivity index is 1.63. The summed E-state index contributed by atoms with van der Waals surface area (Å²) in [5.41, 5.74) is 10.0. The summed E-state index contributed by atoms with van der Waals surface area (Å²) in [6.07, 6.45) is 11.6. The Bertz CT molecular complexity index is 604. The molecule has 0 saturated heterocycles. The van der Waals surface area contributed by atoms with E-state index in [1.54, 1.807) is 0 Å². The third kappa shape index (κ3) is 4.88. The summed E-state index contributed by atoms with van der Waals surface area (Å²) in [5.74, 6) is 1.59. The van der Waals surface area contributed by atoms with Crippen molar-refractivity contribution in [2.24, 2.45) is 17.6 Å². The third-order valence-corrected chi connectivity index (χ3v) is 6.38. The highest BCUT2D eigenvalue weighted by molar-refractivity contribution is 5.94. The van der Waals surface area contributed by atoms with Gasteiger partial charge in [0.2, 0.25) is 5.91 Å². The van der Waals surface area contributed by atoms with Crippen molar-refractivity contribution in [3.8, 4) is 0 Å². The van der Waals surface area contributed by atoms with E-state index in [2.05, 4.69) is 32.0 Å². The van der Waals surface area contributed by atoms with Crippen LogP contribution in [-0.4, -0.2) is 18.5 Å². The van der Waals surface area contributed by atoms with E-state index >= 15 is 0 Å². The van der Waals surface area contributed by atoms with Gasteiger partial charge in [-0.2, -0.15) is 0 Å². The van der Waals surface area contributed by atoms with Gasteiger partial charge in [-0.15, -0.1) is 0 Å². The van der Waals surface area contributed by atoms with Gasteiger partial charge in [0.05, 0.1) is 0 Å². The van der Waals surface area contributed by atoms with E-state index < -0.39 is 0 Å². The van der Waals surface area contributed by atoms with Gasteiger partial charge in [-0.3, -0.25) is 4.79 Å². The van der Waals surface area contributed by atoms with Crippen molar-refractivity contribution in [3.63, 3.8) is 0 Å². The van der Waals surface area contributed by atoms with Gasteiger partial charge in [0.1, 0.15) is 0 Å². The Morgan fingerprint density at radius 1 is 1.19 bits per heavy atom. The standard InChI is InChI=1S/C23H36N2O/c1-17(2)21(24)16-19-10-12-22-20(15-19)9-6-14-25(22)23(26)13-11-18-7-4-3-5-8-18/h10,12,15,17-18,21H,3-9,11,13-14,16,24H2,1-2H3. The van der Waals surface area contributed by atoms with Crippen molar-refractivity contribution in [2.75, 3.05) is 11.4 Å². The number of hydrogen-bond acceptors (Lipinski definition) is 2. The van der Waals surface area contributed by atoms with Crippen LogP contribution in [0.1, 0.15) is 76.3 Å². The van der Waals surface area contributed by atoms with Crippen molar-refractivity contribution in [1.29, 1.82) is 0 Å². The summed E-state index contributed by atoms with van der Waals surface area (Å²) in [5, 5.41) is 0. The van der Waals surface area contributed by atoms with E-state index in [-0.39, 0.29) is 6.04 Å². The van der Waals surface area contributed by atoms with E-state index in [0.717, 1.165) is 43.8 Å². The Labute approximate surface area is 159 Å². The second-order valence-corrected chi connectivity index (χ2v) is 8.77. The SMILES string of the molecule is CC(C)C(N)Cc1ccc2c(c1)CCCN2C(=O)CCC1CCCCC1. The summed E-state index contributed by atoms with van der Waals surface area (Å²) < 4.78 is 0. The maximum Gasteiger partial charge on any atom is 0.226 e. The Morgan fingerprint density at radius 3 is 2.69 bits per heavy atom. The highest BCUT2D eigenvalue weighted by atomic mass is 16.2. The number of hydrogen-bond donors (Lipinski definition) is 1. The van der Waals surface area contributed by atoms with E-state index in [4.69, 9.17) is 5.73 Å². The summed E-state index contributed by atoms with van der Waals surface area (Å²) in [7, 11) is 0. The first-order chi connectivity index (χ1) is 12.5. The average Bonchev–Trinajstić information content (AvgIpc) is 2.66. The molecule has 144 valence electrons. The maximum atomic E-state index is 12.9. The molecule has 1 atom stereocenters. The molecule has 1 amide bonds. The molecule has 1 fully saturated rings. The van der Waals surface area contributed by atoms with Gasteiger partial charge in [-0.05, 0) is 54.7 Å². The normalized spacial score (nSPS) is 19.5. The molecule has 2 aliphatic rings. The molecule has 1 aliphatic carbocycles. The number of carbonyl (C=O) groups is 1. The molecule has 3 heteroatoms. The lowest BCUT2D eigenvalue weighted by molar-refractivity contribution is -0.119. The number of benzene rings is 1. The fourth-order valence-electron chi connectivity index (χ4n) is 4.48. The molecule has 0 radical (unpaired) electrons. The fourth-order valence-corrected chi connectivity index (χ4v) is 4.48. The maximum absolute atomic E-state index is 12.9. The molecule has 26 heavy (non-hydrogen) atoms. The quantitative estimate of drug-likeness (QED) is 0.792. The number of nitrogens with zero attached hydrogens (tertiary/aromatic N) is 1. The number of amides is 1. The first kappa shape index (κ1) is 19.4. The van der Waals surface area contributed by atoms with Crippen LogP contribution in [0.25, 0.3) is 0 Å². The zero-order chi connectivity index (χ0) is 18.5. The zero-order valence-electron chi connectivity index (χ0n) is 16.7. The Hall–Kier alpha value is -1.35. The smallest absolute Gasteiger partial charge is 0.226 e. The predicted octanol–water partition coefficient (Wildman–Crippen LogP) is 4.85. The largest absolute Gasteiger partial charge is 0.327 e. The van der Waals surface area contributed by atoms with Crippen LogP contribution in [0.15, 0.2) is 18.2 Å². The number of nitrogens with two attached hydrogens (primary N) is 1. The summed E-state index contributed by atoms with van der Waals surface area (Å²) in [4.78, 5) is 14.9. The Morgan fingerprint density at radius 2 is 1.96 bits per heavy atom. The summed E-state index contributed by atoms with van der Waals surface area (Å²) >= 11 is 0. The van der Waals surface area contributed by atoms with Crippen LogP contribution < -0.4 is 10.6 Å². The molecule has 1 aromatic rings. The van der Waals surface area contributed by atoms with Gasteiger partial charge in [0.25, 0.3) is 0 Å². The lowest BCUT2D eigenvalue weighted by Gasteiger charge is -2.31.